The Morgan fingerprint density at radius 3 is 2.90 bits per heavy atom. The molecule has 0 aliphatic heterocycles. The van der Waals surface area contributed by atoms with Crippen molar-refractivity contribution in [2.24, 2.45) is 0 Å². The van der Waals surface area contributed by atoms with Crippen LogP contribution in [-0.4, -0.2) is 32.1 Å². The summed E-state index contributed by atoms with van der Waals surface area (Å²) < 4.78 is 1.11. The van der Waals surface area contributed by atoms with Crippen LogP contribution in [0.1, 0.15) is 13.3 Å². The lowest BCUT2D eigenvalue weighted by atomic mass is 10.2. The molecule has 2 aromatic heterocycles. The van der Waals surface area contributed by atoms with Crippen LogP contribution in [0.25, 0.3) is 5.65 Å². The molecule has 0 radical (unpaired) electrons. The lowest BCUT2D eigenvalue weighted by Gasteiger charge is -2.14. The van der Waals surface area contributed by atoms with E-state index >= 15 is 0 Å². The van der Waals surface area contributed by atoms with Crippen LogP contribution in [0.4, 0.5) is 11.5 Å². The van der Waals surface area contributed by atoms with Gasteiger partial charge in [-0.3, -0.25) is 19.3 Å². The molecule has 0 spiro atoms. The molecule has 0 aliphatic rings. The van der Waals surface area contributed by atoms with Gasteiger partial charge < -0.3 is 10.4 Å². The number of aromatic nitrogens is 2. The Morgan fingerprint density at radius 1 is 1.55 bits per heavy atom. The first kappa shape index (κ1) is 13.9. The molecule has 20 heavy (non-hydrogen) atoms. The lowest BCUT2D eigenvalue weighted by molar-refractivity contribution is -0.385. The summed E-state index contributed by atoms with van der Waals surface area (Å²) in [4.78, 5) is 26.6. The number of aliphatic hydroxyl groups excluding tert-OH is 1. The van der Waals surface area contributed by atoms with Crippen molar-refractivity contribution in [1.82, 2.24) is 9.38 Å². The largest absolute Gasteiger partial charge is 0.394 e. The van der Waals surface area contributed by atoms with Crippen LogP contribution in [0.5, 0.6) is 0 Å². The molecule has 0 aromatic carbocycles. The number of nitro groups is 1. The molecule has 0 aliphatic carbocycles. The van der Waals surface area contributed by atoms with E-state index in [4.69, 9.17) is 5.11 Å². The van der Waals surface area contributed by atoms with Crippen LogP contribution in [0.3, 0.4) is 0 Å². The number of nitrogens with zero attached hydrogens (tertiary/aromatic N) is 3. The van der Waals surface area contributed by atoms with Crippen LogP contribution in [0, 0.1) is 10.1 Å². The topological polar surface area (TPSA) is 110 Å². The smallest absolute Gasteiger partial charge is 0.376 e. The van der Waals surface area contributed by atoms with Gasteiger partial charge in [-0.25, -0.2) is 4.98 Å². The molecule has 0 fully saturated rings. The first-order valence-corrected chi connectivity index (χ1v) is 6.11. The minimum atomic E-state index is -0.763. The van der Waals surface area contributed by atoms with Crippen LogP contribution in [-0.2, 0) is 0 Å². The maximum atomic E-state index is 12.1. The fourth-order valence-corrected chi connectivity index (χ4v) is 1.82. The van der Waals surface area contributed by atoms with Crippen molar-refractivity contribution in [2.75, 3.05) is 11.9 Å². The van der Waals surface area contributed by atoms with Crippen LogP contribution < -0.4 is 10.9 Å². The third-order valence-electron chi connectivity index (χ3n) is 2.95. The van der Waals surface area contributed by atoms with Crippen LogP contribution in [0.2, 0.25) is 0 Å². The molecule has 2 N–H and O–H groups in total. The Morgan fingerprint density at radius 2 is 2.30 bits per heavy atom. The van der Waals surface area contributed by atoms with E-state index in [-0.39, 0.29) is 12.4 Å². The van der Waals surface area contributed by atoms with E-state index in [1.807, 2.05) is 6.92 Å². The molecule has 1 unspecified atom stereocenters. The zero-order valence-corrected chi connectivity index (χ0v) is 10.8. The normalized spacial score (nSPS) is 12.3. The van der Waals surface area contributed by atoms with Gasteiger partial charge in [0.05, 0.1) is 17.6 Å². The number of hydrogen-bond acceptors (Lipinski definition) is 6. The first-order valence-electron chi connectivity index (χ1n) is 6.11. The predicted octanol–water partition coefficient (Wildman–Crippen LogP) is 0.785. The summed E-state index contributed by atoms with van der Waals surface area (Å²) >= 11 is 0. The summed E-state index contributed by atoms with van der Waals surface area (Å²) in [6.45, 7) is 1.61. The summed E-state index contributed by atoms with van der Waals surface area (Å²) in [7, 11) is 0. The third-order valence-corrected chi connectivity index (χ3v) is 2.95. The number of anilines is 1. The Kier molecular flexibility index (Phi) is 3.94. The maximum absolute atomic E-state index is 12.1. The van der Waals surface area contributed by atoms with Crippen LogP contribution in [0.15, 0.2) is 29.2 Å². The van der Waals surface area contributed by atoms with Gasteiger partial charge >= 0.3 is 11.2 Å². The molecule has 0 bridgehead atoms. The second-order valence-electron chi connectivity index (χ2n) is 4.23. The molecule has 0 amide bonds. The minimum absolute atomic E-state index is 0.118. The standard InChI is InChI=1S/C12H14N4O4/c1-2-8(7-17)13-11-10(16(19)20)12(18)15-6-4-3-5-9(15)14-11/h3-6,8,13,17H,2,7H2,1H3. The van der Waals surface area contributed by atoms with Gasteiger partial charge in [0.25, 0.3) is 0 Å². The van der Waals surface area contributed by atoms with Gasteiger partial charge in [0.2, 0.25) is 5.82 Å². The summed E-state index contributed by atoms with van der Waals surface area (Å²) in [6, 6.07) is 4.46. The van der Waals surface area contributed by atoms with Crippen LogP contribution >= 0.6 is 0 Å². The lowest BCUT2D eigenvalue weighted by Crippen LogP contribution is -2.27. The van der Waals surface area contributed by atoms with Gasteiger partial charge in [0.15, 0.2) is 0 Å². The van der Waals surface area contributed by atoms with E-state index in [0.717, 1.165) is 4.40 Å². The highest BCUT2D eigenvalue weighted by atomic mass is 16.6. The fraction of sp³-hybridized carbons (Fsp3) is 0.333. The summed E-state index contributed by atoms with van der Waals surface area (Å²) in [5.41, 5.74) is -1.07. The van der Waals surface area contributed by atoms with Gasteiger partial charge in [-0.1, -0.05) is 13.0 Å². The molecular weight excluding hydrogens is 264 g/mol. The van der Waals surface area contributed by atoms with Crippen molar-refractivity contribution in [3.8, 4) is 0 Å². The van der Waals surface area contributed by atoms with Gasteiger partial charge in [-0.2, -0.15) is 0 Å². The highest BCUT2D eigenvalue weighted by Gasteiger charge is 2.24. The van der Waals surface area contributed by atoms with Crippen molar-refractivity contribution in [1.29, 1.82) is 0 Å². The summed E-state index contributed by atoms with van der Waals surface area (Å²) in [6.07, 6.45) is 1.97. The van der Waals surface area contributed by atoms with Crippen molar-refractivity contribution in [3.05, 3.63) is 44.9 Å². The molecular formula is C12H14N4O4. The highest BCUT2D eigenvalue weighted by molar-refractivity contribution is 5.60. The van der Waals surface area contributed by atoms with E-state index in [0.29, 0.717) is 12.1 Å². The molecule has 106 valence electrons. The Hall–Kier alpha value is -2.48. The Bertz CT molecular complexity index is 693. The molecule has 2 rings (SSSR count). The average Bonchev–Trinajstić information content (AvgIpc) is 2.44. The van der Waals surface area contributed by atoms with Crippen molar-refractivity contribution in [3.63, 3.8) is 0 Å². The van der Waals surface area contributed by atoms with E-state index < -0.39 is 22.2 Å². The minimum Gasteiger partial charge on any atom is -0.394 e. The SMILES string of the molecule is CCC(CO)Nc1nc2ccccn2c(=O)c1[N+](=O)[O-]. The number of rotatable bonds is 5. The second kappa shape index (κ2) is 5.66. The summed E-state index contributed by atoms with van der Waals surface area (Å²) in [5.74, 6) is -0.118. The number of hydrogen-bond donors (Lipinski definition) is 2. The van der Waals surface area contributed by atoms with E-state index in [9.17, 15) is 14.9 Å². The molecule has 2 heterocycles. The molecule has 1 atom stereocenters. The maximum Gasteiger partial charge on any atom is 0.376 e. The predicted molar refractivity (Wildman–Crippen MR) is 72.9 cm³/mol. The molecule has 8 heteroatoms. The highest BCUT2D eigenvalue weighted by Crippen LogP contribution is 2.19. The van der Waals surface area contributed by atoms with E-state index in [1.165, 1.54) is 6.20 Å². The zero-order chi connectivity index (χ0) is 14.7. The van der Waals surface area contributed by atoms with Gasteiger partial charge in [-0.15, -0.1) is 0 Å². The fourth-order valence-electron chi connectivity index (χ4n) is 1.82. The number of pyridine rings is 1. The van der Waals surface area contributed by atoms with E-state index in [2.05, 4.69) is 10.3 Å². The Labute approximate surface area is 113 Å². The molecule has 2 aromatic rings. The Balaban J connectivity index is 2.65. The third kappa shape index (κ3) is 2.45. The molecule has 0 saturated heterocycles. The van der Waals surface area contributed by atoms with Crippen molar-refractivity contribution in [2.45, 2.75) is 19.4 Å². The zero-order valence-electron chi connectivity index (χ0n) is 10.8. The molecule has 8 nitrogen and oxygen atoms in total. The van der Waals surface area contributed by atoms with Gasteiger partial charge in [-0.05, 0) is 18.6 Å². The quantitative estimate of drug-likeness (QED) is 0.618. The first-order chi connectivity index (χ1) is 9.58. The second-order valence-corrected chi connectivity index (χ2v) is 4.23. The van der Waals surface area contributed by atoms with Crippen molar-refractivity contribution < 1.29 is 10.0 Å². The molecule has 0 saturated carbocycles. The number of nitrogens with one attached hydrogen (secondary N) is 1. The summed E-state index contributed by atoms with van der Waals surface area (Å²) in [5, 5.41) is 23.0. The monoisotopic (exact) mass is 278 g/mol. The van der Waals surface area contributed by atoms with E-state index in [1.54, 1.807) is 18.2 Å². The number of aliphatic hydroxyl groups is 1. The van der Waals surface area contributed by atoms with Gasteiger partial charge in [0.1, 0.15) is 5.65 Å². The van der Waals surface area contributed by atoms with Gasteiger partial charge in [0, 0.05) is 6.20 Å². The number of fused-ring (bicyclic) bond motifs is 1. The van der Waals surface area contributed by atoms with Crippen molar-refractivity contribution >= 4 is 17.2 Å². The average molecular weight is 278 g/mol.